The Morgan fingerprint density at radius 2 is 1.92 bits per heavy atom. The number of carbonyl (C=O) groups excluding carboxylic acids is 4. The predicted octanol–water partition coefficient (Wildman–Crippen LogP) is 0.765. The van der Waals surface area contributed by atoms with E-state index in [1.807, 2.05) is 30.3 Å². The van der Waals surface area contributed by atoms with Gasteiger partial charge in [-0.25, -0.2) is 0 Å². The highest BCUT2D eigenvalue weighted by atomic mass is 16.2. The summed E-state index contributed by atoms with van der Waals surface area (Å²) in [6, 6.07) is 8.74. The molecule has 1 fully saturated rings. The topological polar surface area (TPSA) is 110 Å². The van der Waals surface area contributed by atoms with Gasteiger partial charge in [0.25, 0.3) is 0 Å². The van der Waals surface area contributed by atoms with E-state index in [4.69, 9.17) is 5.73 Å². The van der Waals surface area contributed by atoms with Crippen LogP contribution in [0.3, 0.4) is 0 Å². The molecule has 26 heavy (non-hydrogen) atoms. The Morgan fingerprint density at radius 1 is 1.23 bits per heavy atom. The molecule has 1 heterocycles. The van der Waals surface area contributed by atoms with Crippen LogP contribution in [-0.4, -0.2) is 41.0 Å². The Kier molecular flexibility index (Phi) is 6.89. The van der Waals surface area contributed by atoms with E-state index in [1.165, 1.54) is 4.90 Å². The minimum absolute atomic E-state index is 0.0705. The lowest BCUT2D eigenvalue weighted by Crippen LogP contribution is -2.46. The number of rotatable bonds is 7. The molecule has 1 unspecified atom stereocenters. The fourth-order valence-corrected chi connectivity index (χ4v) is 3.13. The fourth-order valence-electron chi connectivity index (χ4n) is 3.13. The van der Waals surface area contributed by atoms with Crippen molar-refractivity contribution in [1.29, 1.82) is 0 Å². The first kappa shape index (κ1) is 19.6. The molecule has 3 N–H and O–H groups in total. The summed E-state index contributed by atoms with van der Waals surface area (Å²) in [5, 5.41) is 2.56. The summed E-state index contributed by atoms with van der Waals surface area (Å²) < 4.78 is 0. The molecule has 3 amide bonds. The van der Waals surface area contributed by atoms with Crippen molar-refractivity contribution in [2.75, 3.05) is 6.54 Å². The number of nitrogens with zero attached hydrogens (tertiary/aromatic N) is 1. The Morgan fingerprint density at radius 3 is 2.58 bits per heavy atom. The minimum atomic E-state index is -0.651. The number of ketones is 1. The molecule has 0 radical (unpaired) electrons. The monoisotopic (exact) mass is 359 g/mol. The van der Waals surface area contributed by atoms with Crippen molar-refractivity contribution in [2.24, 2.45) is 11.7 Å². The van der Waals surface area contributed by atoms with Crippen LogP contribution in [0.5, 0.6) is 0 Å². The van der Waals surface area contributed by atoms with E-state index in [9.17, 15) is 19.2 Å². The van der Waals surface area contributed by atoms with Gasteiger partial charge in [-0.15, -0.1) is 0 Å². The van der Waals surface area contributed by atoms with Crippen molar-refractivity contribution in [2.45, 2.75) is 45.2 Å². The van der Waals surface area contributed by atoms with Gasteiger partial charge < -0.3 is 16.0 Å². The Labute approximate surface area is 152 Å². The Bertz CT molecular complexity index is 675. The Hall–Kier alpha value is -2.70. The molecular weight excluding hydrogens is 334 g/mol. The molecule has 0 bridgehead atoms. The van der Waals surface area contributed by atoms with Gasteiger partial charge in [0.1, 0.15) is 0 Å². The largest absolute Gasteiger partial charge is 0.370 e. The molecule has 1 saturated heterocycles. The zero-order chi connectivity index (χ0) is 19.1. The van der Waals surface area contributed by atoms with E-state index in [2.05, 4.69) is 5.32 Å². The lowest BCUT2D eigenvalue weighted by atomic mass is 9.99. The molecule has 7 nitrogen and oxygen atoms in total. The summed E-state index contributed by atoms with van der Waals surface area (Å²) in [6.45, 7) is 2.00. The zero-order valence-electron chi connectivity index (χ0n) is 14.9. The van der Waals surface area contributed by atoms with E-state index in [1.54, 1.807) is 6.92 Å². The van der Waals surface area contributed by atoms with Gasteiger partial charge in [0.05, 0.1) is 12.6 Å². The number of hydrogen-bond donors (Lipinski definition) is 2. The normalized spacial score (nSPS) is 18.6. The standard InChI is InChI=1S/C19H25N3O4/c1-13(9-17(20)24)10-19(26)22(12-14-5-3-2-4-6-14)15-7-8-18(25)21-11-16(15)23/h2-6,13,15H,7-12H2,1H3,(H2,20,24)(H,21,25)/t13-,15?/m0/s1. The van der Waals surface area contributed by atoms with Crippen LogP contribution in [0.15, 0.2) is 30.3 Å². The fraction of sp³-hybridized carbons (Fsp3) is 0.474. The smallest absolute Gasteiger partial charge is 0.223 e. The van der Waals surface area contributed by atoms with Crippen LogP contribution < -0.4 is 11.1 Å². The van der Waals surface area contributed by atoms with Crippen LogP contribution in [0.2, 0.25) is 0 Å². The maximum absolute atomic E-state index is 12.9. The van der Waals surface area contributed by atoms with E-state index in [0.717, 1.165) is 5.56 Å². The van der Waals surface area contributed by atoms with Gasteiger partial charge in [-0.1, -0.05) is 37.3 Å². The lowest BCUT2D eigenvalue weighted by molar-refractivity contribution is -0.141. The number of nitrogens with two attached hydrogens (primary N) is 1. The van der Waals surface area contributed by atoms with Crippen molar-refractivity contribution < 1.29 is 19.2 Å². The molecule has 1 aromatic carbocycles. The van der Waals surface area contributed by atoms with Crippen LogP contribution in [-0.2, 0) is 25.7 Å². The summed E-state index contributed by atoms with van der Waals surface area (Å²) in [5.74, 6) is -1.24. The van der Waals surface area contributed by atoms with Crippen molar-refractivity contribution >= 4 is 23.5 Å². The minimum Gasteiger partial charge on any atom is -0.370 e. The van der Waals surface area contributed by atoms with Crippen LogP contribution in [0.1, 0.15) is 38.2 Å². The molecule has 0 aromatic heterocycles. The number of carbonyl (C=O) groups is 4. The summed E-state index contributed by atoms with van der Waals surface area (Å²) in [5.41, 5.74) is 6.11. The van der Waals surface area contributed by atoms with Crippen molar-refractivity contribution in [3.8, 4) is 0 Å². The van der Waals surface area contributed by atoms with Crippen molar-refractivity contribution in [1.82, 2.24) is 10.2 Å². The van der Waals surface area contributed by atoms with Gasteiger partial charge in [-0.2, -0.15) is 0 Å². The predicted molar refractivity (Wildman–Crippen MR) is 95.6 cm³/mol. The van der Waals surface area contributed by atoms with Gasteiger partial charge in [0.15, 0.2) is 5.78 Å². The molecule has 1 aromatic rings. The molecule has 2 atom stereocenters. The molecule has 0 saturated carbocycles. The maximum atomic E-state index is 12.9. The third-order valence-corrected chi connectivity index (χ3v) is 4.44. The third-order valence-electron chi connectivity index (χ3n) is 4.44. The molecule has 7 heteroatoms. The van der Waals surface area contributed by atoms with Gasteiger partial charge in [0, 0.05) is 25.8 Å². The first-order chi connectivity index (χ1) is 12.4. The quantitative estimate of drug-likeness (QED) is 0.749. The highest BCUT2D eigenvalue weighted by Crippen LogP contribution is 2.19. The highest BCUT2D eigenvalue weighted by Gasteiger charge is 2.32. The number of amides is 3. The van der Waals surface area contributed by atoms with Crippen molar-refractivity contribution in [3.05, 3.63) is 35.9 Å². The number of benzene rings is 1. The summed E-state index contributed by atoms with van der Waals surface area (Å²) in [4.78, 5) is 49.6. The number of hydrogen-bond acceptors (Lipinski definition) is 4. The van der Waals surface area contributed by atoms with E-state index in [-0.39, 0.29) is 55.9 Å². The number of Topliss-reactive ketones (excluding diaryl/α,β-unsaturated/α-hetero) is 1. The third kappa shape index (κ3) is 5.68. The first-order valence-electron chi connectivity index (χ1n) is 8.78. The molecular formula is C19H25N3O4. The zero-order valence-corrected chi connectivity index (χ0v) is 14.9. The number of primary amides is 1. The first-order valence-corrected chi connectivity index (χ1v) is 8.78. The van der Waals surface area contributed by atoms with Crippen molar-refractivity contribution in [3.63, 3.8) is 0 Å². The molecule has 0 spiro atoms. The van der Waals surface area contributed by atoms with E-state index >= 15 is 0 Å². The number of nitrogens with one attached hydrogen (secondary N) is 1. The highest BCUT2D eigenvalue weighted by molar-refractivity contribution is 5.94. The summed E-state index contributed by atoms with van der Waals surface area (Å²) in [7, 11) is 0. The second kappa shape index (κ2) is 9.12. The van der Waals surface area contributed by atoms with Gasteiger partial charge >= 0.3 is 0 Å². The summed E-state index contributed by atoms with van der Waals surface area (Å²) in [6.07, 6.45) is 0.740. The molecule has 1 aliphatic heterocycles. The van der Waals surface area contributed by atoms with Crippen LogP contribution in [0.25, 0.3) is 0 Å². The molecule has 1 aliphatic rings. The van der Waals surface area contributed by atoms with Crippen LogP contribution in [0.4, 0.5) is 0 Å². The molecule has 0 aliphatic carbocycles. The SMILES string of the molecule is C[C@@H](CC(N)=O)CC(=O)N(Cc1ccccc1)C1CCC(=O)NCC1=O. The lowest BCUT2D eigenvalue weighted by Gasteiger charge is -2.31. The molecule has 2 rings (SSSR count). The average molecular weight is 359 g/mol. The average Bonchev–Trinajstić information content (AvgIpc) is 2.74. The second-order valence-electron chi connectivity index (χ2n) is 6.78. The van der Waals surface area contributed by atoms with Gasteiger partial charge in [0.2, 0.25) is 17.7 Å². The van der Waals surface area contributed by atoms with E-state index < -0.39 is 11.9 Å². The van der Waals surface area contributed by atoms with Gasteiger partial charge in [-0.05, 0) is 17.9 Å². The van der Waals surface area contributed by atoms with Gasteiger partial charge in [-0.3, -0.25) is 19.2 Å². The maximum Gasteiger partial charge on any atom is 0.223 e. The second-order valence-corrected chi connectivity index (χ2v) is 6.78. The van der Waals surface area contributed by atoms with Crippen LogP contribution in [0, 0.1) is 5.92 Å². The molecule has 140 valence electrons. The van der Waals surface area contributed by atoms with Crippen LogP contribution >= 0.6 is 0 Å². The summed E-state index contributed by atoms with van der Waals surface area (Å²) >= 11 is 0. The van der Waals surface area contributed by atoms with E-state index in [0.29, 0.717) is 6.42 Å². The Balaban J connectivity index is 2.20.